The smallest absolute Gasteiger partial charge is 0.335 e. The number of carbonyl (C=O) groups is 4. The lowest BCUT2D eigenvalue weighted by Gasteiger charge is -2.39. The number of phenols is 11. The summed E-state index contributed by atoms with van der Waals surface area (Å²) in [6, 6.07) is 10.9. The third-order valence-electron chi connectivity index (χ3n) is 8.81. The average molecular weight is 874 g/mol. The Balaban J connectivity index is 0.000000263. The van der Waals surface area contributed by atoms with Crippen molar-refractivity contribution in [3.05, 3.63) is 82.9 Å². The fourth-order valence-electron chi connectivity index (χ4n) is 5.65. The summed E-state index contributed by atoms with van der Waals surface area (Å²) < 4.78 is 9.63. The Kier molecular flexibility index (Phi) is 16.5. The molecule has 0 bridgehead atoms. The van der Waals surface area contributed by atoms with Gasteiger partial charge in [0.2, 0.25) is 0 Å². The fraction of sp³-hybridized carbons (Fsp3) is 0.250. The molecule has 0 aliphatic heterocycles. The zero-order valence-corrected chi connectivity index (χ0v) is 32.3. The second-order valence-electron chi connectivity index (χ2n) is 13.6. The van der Waals surface area contributed by atoms with Gasteiger partial charge in [0.15, 0.2) is 74.6 Å². The molecule has 1 saturated carbocycles. The predicted octanol–water partition coefficient (Wildman–Crippen LogP) is 1.41. The second kappa shape index (κ2) is 21.0. The van der Waals surface area contributed by atoms with Crippen molar-refractivity contribution in [1.82, 2.24) is 4.90 Å². The number of ether oxygens (including phenoxy) is 2. The van der Waals surface area contributed by atoms with E-state index < -0.39 is 100 Å². The Labute approximate surface area is 349 Å². The third kappa shape index (κ3) is 13.2. The highest BCUT2D eigenvalue weighted by Crippen LogP contribution is 2.38. The summed E-state index contributed by atoms with van der Waals surface area (Å²) in [5.41, 5.74) is -0.957. The van der Waals surface area contributed by atoms with Gasteiger partial charge in [-0.05, 0) is 78.2 Å². The molecule has 62 heavy (non-hydrogen) atoms. The zero-order chi connectivity index (χ0) is 46.6. The molecule has 22 nitrogen and oxygen atoms in total. The number of rotatable bonds is 12. The maximum absolute atomic E-state index is 11.8. The number of benzene rings is 4. The standard InChI is InChI=1S/C16H17NO8.C16H18O9.C8H8O4/c18-8-25-7-17(5-9-1-11(19)15(23)12(20)2-9)6-10-3-13(21)16(24)14(22)4-10;17-9-3-1-8(5-10(9)18)2-4-13(20)25-12-7-16(24,15(22)23)6-11(19)14(12)21;1-4(9)5-2-6(10)8(12)7(11)3-5/h1-4,8,19-24H,5-7H2;1-5,11-12,14,17-19,21,24H,6-7H2,(H,22,23);2-3,10-12H,1H3/b;4-2+;. The van der Waals surface area contributed by atoms with Crippen molar-refractivity contribution in [3.63, 3.8) is 0 Å². The number of Topliss-reactive ketones (excluding diaryl/α,β-unsaturated/α-hetero) is 1. The number of aliphatic hydroxyl groups is 3. The topological polar surface area (TPSA) is 393 Å². The van der Waals surface area contributed by atoms with Gasteiger partial charge in [-0.25, -0.2) is 9.59 Å². The van der Waals surface area contributed by atoms with Crippen LogP contribution in [0, 0.1) is 0 Å². The van der Waals surface area contributed by atoms with E-state index in [1.54, 1.807) is 4.90 Å². The molecule has 4 atom stereocenters. The van der Waals surface area contributed by atoms with Gasteiger partial charge in [-0.15, -0.1) is 0 Å². The van der Waals surface area contributed by atoms with Gasteiger partial charge in [-0.1, -0.05) is 6.07 Å². The molecular weight excluding hydrogens is 830 g/mol. The van der Waals surface area contributed by atoms with Gasteiger partial charge in [0.05, 0.1) is 6.10 Å². The Morgan fingerprint density at radius 2 is 1.16 bits per heavy atom. The van der Waals surface area contributed by atoms with Crippen molar-refractivity contribution in [2.45, 2.75) is 56.8 Å². The molecule has 22 heteroatoms. The minimum absolute atomic E-state index is 0.0949. The maximum atomic E-state index is 11.8. The molecule has 1 fully saturated rings. The van der Waals surface area contributed by atoms with E-state index in [0.717, 1.165) is 18.2 Å². The quantitative estimate of drug-likeness (QED) is 0.0239. The molecule has 4 unspecified atom stereocenters. The number of carbonyl (C=O) groups excluding carboxylic acids is 3. The van der Waals surface area contributed by atoms with Crippen LogP contribution in [0.25, 0.3) is 6.08 Å². The number of aliphatic carboxylic acids is 1. The van der Waals surface area contributed by atoms with E-state index in [4.69, 9.17) is 29.9 Å². The first-order chi connectivity index (χ1) is 29.0. The van der Waals surface area contributed by atoms with E-state index in [0.29, 0.717) is 16.7 Å². The minimum atomic E-state index is -2.31. The fourth-order valence-corrected chi connectivity index (χ4v) is 5.65. The van der Waals surface area contributed by atoms with E-state index in [1.165, 1.54) is 55.5 Å². The van der Waals surface area contributed by atoms with E-state index >= 15 is 0 Å². The lowest BCUT2D eigenvalue weighted by molar-refractivity contribution is -0.196. The summed E-state index contributed by atoms with van der Waals surface area (Å²) >= 11 is 0. The molecule has 0 amide bonds. The van der Waals surface area contributed by atoms with Crippen LogP contribution in [0.3, 0.4) is 0 Å². The Morgan fingerprint density at radius 1 is 0.694 bits per heavy atom. The lowest BCUT2D eigenvalue weighted by Crippen LogP contribution is -2.57. The van der Waals surface area contributed by atoms with E-state index in [-0.39, 0.29) is 49.1 Å². The van der Waals surface area contributed by atoms with Gasteiger partial charge in [-0.2, -0.15) is 0 Å². The van der Waals surface area contributed by atoms with Gasteiger partial charge in [0, 0.05) is 37.6 Å². The molecule has 4 aromatic rings. The van der Waals surface area contributed by atoms with Crippen molar-refractivity contribution in [2.24, 2.45) is 0 Å². The van der Waals surface area contributed by atoms with Gasteiger partial charge >= 0.3 is 11.9 Å². The number of nitrogens with zero attached hydrogens (tertiary/aromatic N) is 1. The van der Waals surface area contributed by atoms with Gasteiger partial charge in [0.25, 0.3) is 6.47 Å². The number of carboxylic acids is 1. The highest BCUT2D eigenvalue weighted by Gasteiger charge is 2.50. The first kappa shape index (κ1) is 48.7. The summed E-state index contributed by atoms with van der Waals surface area (Å²) in [6.45, 7) is 1.57. The van der Waals surface area contributed by atoms with Crippen LogP contribution in [0.4, 0.5) is 0 Å². The van der Waals surface area contributed by atoms with Crippen LogP contribution < -0.4 is 0 Å². The molecule has 0 radical (unpaired) electrons. The molecule has 0 saturated heterocycles. The van der Waals surface area contributed by atoms with Gasteiger partial charge < -0.3 is 86.1 Å². The number of hydrogen-bond acceptors (Lipinski definition) is 21. The SMILES string of the molecule is CC(=O)c1cc(O)c(O)c(O)c1.O=C(/C=C/c1ccc(O)c(O)c1)OC1CC(O)(C(=O)O)CC(O)C1O.O=COCN(Cc1cc(O)c(O)c(O)c1)Cc1cc(O)c(O)c(O)c1. The summed E-state index contributed by atoms with van der Waals surface area (Å²) in [5, 5.41) is 141. The largest absolute Gasteiger partial charge is 0.504 e. The van der Waals surface area contributed by atoms with Crippen LogP contribution in [0.15, 0.2) is 60.7 Å². The molecule has 0 heterocycles. The molecule has 15 N–H and O–H groups in total. The first-order valence-corrected chi connectivity index (χ1v) is 17.7. The number of phenolic OH excluding ortho intramolecular Hbond substituents is 11. The number of ketones is 1. The Bertz CT molecular complexity index is 2170. The van der Waals surface area contributed by atoms with Crippen molar-refractivity contribution in [3.8, 4) is 63.2 Å². The molecule has 1 aliphatic rings. The molecule has 0 aromatic heterocycles. The molecular formula is C40H43NO21. The van der Waals surface area contributed by atoms with Crippen LogP contribution in [-0.4, -0.2) is 136 Å². The predicted molar refractivity (Wildman–Crippen MR) is 208 cm³/mol. The van der Waals surface area contributed by atoms with E-state index in [2.05, 4.69) is 0 Å². The summed E-state index contributed by atoms with van der Waals surface area (Å²) in [6.07, 6.45) is -3.44. The van der Waals surface area contributed by atoms with Crippen molar-refractivity contribution >= 4 is 30.3 Å². The van der Waals surface area contributed by atoms with E-state index in [9.17, 15) is 75.3 Å². The van der Waals surface area contributed by atoms with Crippen molar-refractivity contribution in [1.29, 1.82) is 0 Å². The number of aromatic hydroxyl groups is 11. The molecule has 334 valence electrons. The number of carboxylic acid groups (broad SMARTS) is 1. The molecule has 1 aliphatic carbocycles. The number of hydrogen-bond donors (Lipinski definition) is 15. The third-order valence-corrected chi connectivity index (χ3v) is 8.81. The summed E-state index contributed by atoms with van der Waals surface area (Å²) in [4.78, 5) is 45.7. The van der Waals surface area contributed by atoms with E-state index in [1.807, 2.05) is 0 Å². The first-order valence-electron chi connectivity index (χ1n) is 17.7. The van der Waals surface area contributed by atoms with Gasteiger partial charge in [0.1, 0.15) is 18.9 Å². The molecule has 4 aromatic carbocycles. The number of esters is 1. The Morgan fingerprint density at radius 3 is 1.58 bits per heavy atom. The molecule has 0 spiro atoms. The minimum Gasteiger partial charge on any atom is -0.504 e. The van der Waals surface area contributed by atoms with Crippen molar-refractivity contribution in [2.75, 3.05) is 6.73 Å². The lowest BCUT2D eigenvalue weighted by atomic mass is 9.79. The number of aliphatic hydroxyl groups excluding tert-OH is 2. The zero-order valence-electron chi connectivity index (χ0n) is 32.3. The highest BCUT2D eigenvalue weighted by atomic mass is 16.6. The van der Waals surface area contributed by atoms with Crippen molar-refractivity contribution < 1.29 is 105 Å². The van der Waals surface area contributed by atoms with Crippen LogP contribution in [0.1, 0.15) is 46.8 Å². The van der Waals surface area contributed by atoms with Crippen LogP contribution in [-0.2, 0) is 36.9 Å². The molecule has 5 rings (SSSR count). The van der Waals surface area contributed by atoms with Crippen LogP contribution in [0.2, 0.25) is 0 Å². The van der Waals surface area contributed by atoms with Crippen LogP contribution >= 0.6 is 0 Å². The summed E-state index contributed by atoms with van der Waals surface area (Å²) in [7, 11) is 0. The summed E-state index contributed by atoms with van der Waals surface area (Å²) in [5.74, 6) is -8.47. The Hall–Kier alpha value is -7.66. The van der Waals surface area contributed by atoms with Gasteiger partial charge in [-0.3, -0.25) is 14.5 Å². The normalized spacial score (nSPS) is 18.1. The maximum Gasteiger partial charge on any atom is 0.335 e. The monoisotopic (exact) mass is 873 g/mol. The average Bonchev–Trinajstić information content (AvgIpc) is 3.19. The highest BCUT2D eigenvalue weighted by molar-refractivity contribution is 5.95. The van der Waals surface area contributed by atoms with Crippen LogP contribution in [0.5, 0.6) is 63.2 Å². The second-order valence-corrected chi connectivity index (χ2v) is 13.6.